The maximum Gasteiger partial charge on any atom is 0.451 e. The predicted molar refractivity (Wildman–Crippen MR) is 23.6 cm³/mol. The lowest BCUT2D eigenvalue weighted by molar-refractivity contribution is -0.676. The molecule has 0 spiro atoms. The molecule has 7 heavy (non-hydrogen) atoms. The van der Waals surface area contributed by atoms with Crippen LogP contribution in [0.25, 0.3) is 0 Å². The molecule has 3 nitrogen and oxygen atoms in total. The van der Waals surface area contributed by atoms with Crippen molar-refractivity contribution in [3.8, 4) is 6.01 Å². The third-order valence-electron chi connectivity index (χ3n) is 0.845. The second-order valence-electron chi connectivity index (χ2n) is 1.39. The first kappa shape index (κ1) is 4.18. The molecule has 0 radical (unpaired) electrons. The van der Waals surface area contributed by atoms with Gasteiger partial charge in [-0.3, -0.25) is 0 Å². The van der Waals surface area contributed by atoms with Crippen LogP contribution in [-0.2, 0) is 7.05 Å². The average Bonchev–Trinajstić information content (AvgIpc) is 1.91. The van der Waals surface area contributed by atoms with E-state index < -0.39 is 0 Å². The van der Waals surface area contributed by atoms with Crippen LogP contribution in [0.15, 0.2) is 12.4 Å². The number of hydrogen-bond donors (Lipinski definition) is 2. The van der Waals surface area contributed by atoms with E-state index in [1.807, 2.05) is 0 Å². The molecule has 0 aliphatic carbocycles. The van der Waals surface area contributed by atoms with Crippen LogP contribution >= 0.6 is 0 Å². The SMILES string of the molecule is C[n+]1cc[nH]c1O. The van der Waals surface area contributed by atoms with Crippen LogP contribution in [0, 0.1) is 0 Å². The quantitative estimate of drug-likeness (QED) is 0.425. The minimum Gasteiger partial charge on any atom is -0.446 e. The van der Waals surface area contributed by atoms with E-state index in [-0.39, 0.29) is 6.01 Å². The van der Waals surface area contributed by atoms with Crippen molar-refractivity contribution >= 4 is 0 Å². The van der Waals surface area contributed by atoms with Crippen LogP contribution in [-0.4, -0.2) is 10.1 Å². The van der Waals surface area contributed by atoms with E-state index in [0.29, 0.717) is 0 Å². The van der Waals surface area contributed by atoms with Gasteiger partial charge in [-0.25, -0.2) is 9.55 Å². The van der Waals surface area contributed by atoms with Gasteiger partial charge in [0.15, 0.2) is 0 Å². The lowest BCUT2D eigenvalue weighted by Crippen LogP contribution is -2.23. The molecule has 0 unspecified atom stereocenters. The zero-order valence-corrected chi connectivity index (χ0v) is 4.05. The van der Waals surface area contributed by atoms with Gasteiger partial charge in [0.1, 0.15) is 12.4 Å². The third-order valence-corrected chi connectivity index (χ3v) is 0.845. The van der Waals surface area contributed by atoms with Crippen molar-refractivity contribution < 1.29 is 9.67 Å². The van der Waals surface area contributed by atoms with Gasteiger partial charge in [0.05, 0.1) is 7.05 Å². The number of aryl methyl sites for hydroxylation is 1. The zero-order chi connectivity index (χ0) is 5.28. The Labute approximate surface area is 41.2 Å². The molecule has 1 rings (SSSR count). The highest BCUT2D eigenvalue weighted by molar-refractivity contribution is 4.76. The highest BCUT2D eigenvalue weighted by Crippen LogP contribution is 1.86. The number of aromatic nitrogens is 2. The lowest BCUT2D eigenvalue weighted by Gasteiger charge is -1.76. The molecule has 0 aliphatic heterocycles. The van der Waals surface area contributed by atoms with Gasteiger partial charge in [-0.1, -0.05) is 0 Å². The summed E-state index contributed by atoms with van der Waals surface area (Å²) in [4.78, 5) is 2.59. The van der Waals surface area contributed by atoms with E-state index in [1.165, 1.54) is 0 Å². The highest BCUT2D eigenvalue weighted by Gasteiger charge is 1.97. The molecule has 0 amide bonds. The molecular formula is C4H7N2O+. The Hall–Kier alpha value is -0.990. The zero-order valence-electron chi connectivity index (χ0n) is 4.05. The summed E-state index contributed by atoms with van der Waals surface area (Å²) in [5.41, 5.74) is 0. The van der Waals surface area contributed by atoms with E-state index in [2.05, 4.69) is 4.98 Å². The molecule has 0 fully saturated rings. The largest absolute Gasteiger partial charge is 0.451 e. The molecule has 1 heterocycles. The van der Waals surface area contributed by atoms with Crippen molar-refractivity contribution in [2.24, 2.45) is 7.05 Å². The summed E-state index contributed by atoms with van der Waals surface area (Å²) in [6.45, 7) is 0. The molecule has 3 heteroatoms. The minimum atomic E-state index is 0.181. The molecule has 0 saturated heterocycles. The number of nitrogens with one attached hydrogen (secondary N) is 1. The predicted octanol–water partition coefficient (Wildman–Crippen LogP) is -0.455. The van der Waals surface area contributed by atoms with Crippen molar-refractivity contribution in [1.82, 2.24) is 4.98 Å². The number of rotatable bonds is 0. The van der Waals surface area contributed by atoms with Gasteiger partial charge in [-0.05, 0) is 0 Å². The summed E-state index contributed by atoms with van der Waals surface area (Å²) in [6, 6.07) is 0.181. The second-order valence-corrected chi connectivity index (χ2v) is 1.39. The summed E-state index contributed by atoms with van der Waals surface area (Å²) >= 11 is 0. The Morgan fingerprint density at radius 2 is 2.57 bits per heavy atom. The topological polar surface area (TPSA) is 39.9 Å². The maximum atomic E-state index is 8.67. The smallest absolute Gasteiger partial charge is 0.446 e. The maximum absolute atomic E-state index is 8.67. The molecule has 0 aliphatic rings. The number of hydrogen-bond acceptors (Lipinski definition) is 1. The molecule has 0 bridgehead atoms. The molecule has 1 aromatic rings. The van der Waals surface area contributed by atoms with Crippen LogP contribution in [0.1, 0.15) is 0 Å². The fourth-order valence-electron chi connectivity index (χ4n) is 0.396. The monoisotopic (exact) mass is 99.1 g/mol. The third kappa shape index (κ3) is 0.559. The van der Waals surface area contributed by atoms with Crippen molar-refractivity contribution in [3.63, 3.8) is 0 Å². The molecule has 0 aromatic carbocycles. The van der Waals surface area contributed by atoms with Gasteiger partial charge in [0, 0.05) is 0 Å². The van der Waals surface area contributed by atoms with Gasteiger partial charge in [-0.15, -0.1) is 0 Å². The minimum absolute atomic E-state index is 0.181. The number of aromatic amines is 1. The van der Waals surface area contributed by atoms with Gasteiger partial charge < -0.3 is 5.11 Å². The number of imidazole rings is 1. The normalized spacial score (nSPS) is 9.29. The van der Waals surface area contributed by atoms with Crippen LogP contribution < -0.4 is 4.57 Å². The summed E-state index contributed by atoms with van der Waals surface area (Å²) in [6.07, 6.45) is 3.39. The fraction of sp³-hybridized carbons (Fsp3) is 0.250. The molecule has 38 valence electrons. The second kappa shape index (κ2) is 1.26. The van der Waals surface area contributed by atoms with E-state index in [9.17, 15) is 0 Å². The Morgan fingerprint density at radius 3 is 2.71 bits per heavy atom. The van der Waals surface area contributed by atoms with Crippen LogP contribution in [0.4, 0.5) is 0 Å². The van der Waals surface area contributed by atoms with Crippen molar-refractivity contribution in [2.45, 2.75) is 0 Å². The first-order valence-electron chi connectivity index (χ1n) is 2.02. The van der Waals surface area contributed by atoms with E-state index in [4.69, 9.17) is 5.11 Å². The van der Waals surface area contributed by atoms with Crippen LogP contribution in [0.3, 0.4) is 0 Å². The molecule has 1 aromatic heterocycles. The Kier molecular flexibility index (Phi) is 0.749. The van der Waals surface area contributed by atoms with Crippen molar-refractivity contribution in [3.05, 3.63) is 12.4 Å². The Morgan fingerprint density at radius 1 is 1.86 bits per heavy atom. The average molecular weight is 99.1 g/mol. The Bertz CT molecular complexity index is 142. The Balaban J connectivity index is 3.12. The van der Waals surface area contributed by atoms with Gasteiger partial charge in [-0.2, -0.15) is 0 Å². The fourth-order valence-corrected chi connectivity index (χ4v) is 0.396. The summed E-state index contributed by atoms with van der Waals surface area (Å²) in [7, 11) is 1.76. The standard InChI is InChI=1S/C4H6N2O/c1-6-3-2-5-4(6)7/h2-3H,1H3,(H,5,7)/p+1. The number of aromatic hydroxyl groups is 1. The van der Waals surface area contributed by atoms with Crippen LogP contribution in [0.5, 0.6) is 6.01 Å². The summed E-state index contributed by atoms with van der Waals surface area (Å²) in [5, 5.41) is 8.67. The van der Waals surface area contributed by atoms with Crippen molar-refractivity contribution in [1.29, 1.82) is 0 Å². The van der Waals surface area contributed by atoms with Gasteiger partial charge >= 0.3 is 6.01 Å². The summed E-state index contributed by atoms with van der Waals surface area (Å²) < 4.78 is 1.58. The molecule has 0 atom stereocenters. The molecule has 2 N–H and O–H groups in total. The molecule has 0 saturated carbocycles. The van der Waals surface area contributed by atoms with E-state index >= 15 is 0 Å². The van der Waals surface area contributed by atoms with Crippen molar-refractivity contribution in [2.75, 3.05) is 0 Å². The summed E-state index contributed by atoms with van der Waals surface area (Å²) in [5.74, 6) is 0. The highest BCUT2D eigenvalue weighted by atomic mass is 16.3. The molecular weight excluding hydrogens is 92.1 g/mol. The number of H-pyrrole nitrogens is 1. The van der Waals surface area contributed by atoms with Gasteiger partial charge in [0.2, 0.25) is 0 Å². The first-order chi connectivity index (χ1) is 3.30. The van der Waals surface area contributed by atoms with Gasteiger partial charge in [0.25, 0.3) is 0 Å². The van der Waals surface area contributed by atoms with E-state index in [1.54, 1.807) is 24.0 Å². The van der Waals surface area contributed by atoms with Crippen LogP contribution in [0.2, 0.25) is 0 Å². The lowest BCUT2D eigenvalue weighted by atomic mass is 10.9. The first-order valence-corrected chi connectivity index (χ1v) is 2.02. The van der Waals surface area contributed by atoms with E-state index in [0.717, 1.165) is 0 Å². The number of nitrogens with zero attached hydrogens (tertiary/aromatic N) is 1.